The van der Waals surface area contributed by atoms with Crippen molar-refractivity contribution in [3.8, 4) is 16.9 Å². The lowest BCUT2D eigenvalue weighted by molar-refractivity contribution is 0.102. The molecule has 0 spiro atoms. The fourth-order valence-electron chi connectivity index (χ4n) is 3.21. The molecular weight excluding hydrogens is 378 g/mol. The van der Waals surface area contributed by atoms with E-state index in [1.807, 2.05) is 30.3 Å². The van der Waals surface area contributed by atoms with Crippen molar-refractivity contribution in [1.29, 1.82) is 0 Å². The summed E-state index contributed by atoms with van der Waals surface area (Å²) in [5, 5.41) is 2.99. The van der Waals surface area contributed by atoms with Crippen LogP contribution in [0.5, 0.6) is 5.75 Å². The van der Waals surface area contributed by atoms with Crippen LogP contribution in [0.4, 0.5) is 5.69 Å². The van der Waals surface area contributed by atoms with Gasteiger partial charge < -0.3 is 10.1 Å². The summed E-state index contributed by atoms with van der Waals surface area (Å²) < 4.78 is 5.94. The van der Waals surface area contributed by atoms with Gasteiger partial charge in [0.15, 0.2) is 0 Å². The van der Waals surface area contributed by atoms with Gasteiger partial charge in [-0.1, -0.05) is 30.3 Å². The predicted molar refractivity (Wildman–Crippen MR) is 103 cm³/mol. The summed E-state index contributed by atoms with van der Waals surface area (Å²) in [6, 6.07) is 19.8. The Bertz CT molecular complexity index is 981. The highest BCUT2D eigenvalue weighted by atomic mass is 79.9. The second-order valence-electron chi connectivity index (χ2n) is 6.01. The first-order chi connectivity index (χ1) is 12.2. The second kappa shape index (κ2) is 6.37. The lowest BCUT2D eigenvalue weighted by atomic mass is 10.1. The van der Waals surface area contributed by atoms with Gasteiger partial charge in [-0.2, -0.15) is 0 Å². The zero-order chi connectivity index (χ0) is 17.4. The molecule has 1 N–H and O–H groups in total. The van der Waals surface area contributed by atoms with Crippen LogP contribution in [0.3, 0.4) is 0 Å². The van der Waals surface area contributed by atoms with E-state index in [0.29, 0.717) is 11.3 Å². The molecule has 0 radical (unpaired) electrons. The predicted octanol–water partition coefficient (Wildman–Crippen LogP) is 5.28. The molecule has 1 amide bonds. The Morgan fingerprint density at radius 2 is 1.80 bits per heavy atom. The van der Waals surface area contributed by atoms with Gasteiger partial charge >= 0.3 is 0 Å². The molecule has 0 aromatic heterocycles. The molecule has 3 nitrogen and oxygen atoms in total. The molecular formula is C21H16BrNO2. The van der Waals surface area contributed by atoms with Crippen LogP contribution in [0, 0.1) is 0 Å². The maximum atomic E-state index is 12.7. The number of nitrogens with one attached hydrogen (secondary N) is 1. The molecule has 0 atom stereocenters. The number of halogens is 1. The first-order valence-corrected chi connectivity index (χ1v) is 8.81. The van der Waals surface area contributed by atoms with Crippen molar-refractivity contribution >= 4 is 27.5 Å². The van der Waals surface area contributed by atoms with Gasteiger partial charge in [0.1, 0.15) is 5.75 Å². The molecule has 124 valence electrons. The minimum absolute atomic E-state index is 0.169. The number of hydrogen-bond donors (Lipinski definition) is 1. The van der Waals surface area contributed by atoms with Gasteiger partial charge in [0, 0.05) is 10.2 Å². The first kappa shape index (κ1) is 15.9. The number of anilines is 1. The van der Waals surface area contributed by atoms with Crippen LogP contribution in [0.25, 0.3) is 11.1 Å². The number of benzene rings is 3. The van der Waals surface area contributed by atoms with Crippen LogP contribution >= 0.6 is 15.9 Å². The minimum atomic E-state index is -0.169. The summed E-state index contributed by atoms with van der Waals surface area (Å²) in [5.41, 5.74) is 6.39. The van der Waals surface area contributed by atoms with Gasteiger partial charge in [-0.25, -0.2) is 0 Å². The van der Waals surface area contributed by atoms with E-state index in [-0.39, 0.29) is 5.91 Å². The van der Waals surface area contributed by atoms with E-state index in [1.54, 1.807) is 13.2 Å². The number of carbonyl (C=O) groups excluding carboxylic acids is 1. The number of amides is 1. The average Bonchev–Trinajstić information content (AvgIpc) is 3.00. The molecule has 0 fully saturated rings. The van der Waals surface area contributed by atoms with Gasteiger partial charge in [-0.3, -0.25) is 4.79 Å². The maximum Gasteiger partial charge on any atom is 0.256 e. The summed E-state index contributed by atoms with van der Waals surface area (Å²) in [6.45, 7) is 0. The Labute approximate surface area is 154 Å². The number of carbonyl (C=O) groups is 1. The Balaban J connectivity index is 1.64. The summed E-state index contributed by atoms with van der Waals surface area (Å²) in [4.78, 5) is 12.7. The van der Waals surface area contributed by atoms with Crippen LogP contribution in [-0.4, -0.2) is 13.0 Å². The summed E-state index contributed by atoms with van der Waals surface area (Å²) in [7, 11) is 1.59. The van der Waals surface area contributed by atoms with Crippen molar-refractivity contribution in [1.82, 2.24) is 0 Å². The van der Waals surface area contributed by atoms with Crippen molar-refractivity contribution in [2.75, 3.05) is 12.4 Å². The largest absolute Gasteiger partial charge is 0.497 e. The van der Waals surface area contributed by atoms with Crippen molar-refractivity contribution < 1.29 is 9.53 Å². The van der Waals surface area contributed by atoms with Crippen molar-refractivity contribution in [2.24, 2.45) is 0 Å². The SMILES string of the molecule is COc1ccc(Br)c(C(=O)Nc2ccc3c(c2)-c2ccccc2C3)c1. The minimum Gasteiger partial charge on any atom is -0.497 e. The van der Waals surface area contributed by atoms with E-state index in [4.69, 9.17) is 4.74 Å². The average molecular weight is 394 g/mol. The normalized spacial score (nSPS) is 11.6. The third-order valence-corrected chi connectivity index (χ3v) is 5.17. The summed E-state index contributed by atoms with van der Waals surface area (Å²) in [6.07, 6.45) is 0.946. The number of methoxy groups -OCH3 is 1. The molecule has 4 heteroatoms. The van der Waals surface area contributed by atoms with E-state index in [1.165, 1.54) is 22.3 Å². The fraction of sp³-hybridized carbons (Fsp3) is 0.0952. The third kappa shape index (κ3) is 2.94. The molecule has 0 saturated carbocycles. The standard InChI is InChI=1S/C21H16BrNO2/c1-25-16-8-9-20(22)19(12-16)21(24)23-15-7-6-14-10-13-4-2-3-5-17(13)18(14)11-15/h2-9,11-12H,10H2,1H3,(H,23,24). The molecule has 1 aliphatic rings. The molecule has 25 heavy (non-hydrogen) atoms. The van der Waals surface area contributed by atoms with E-state index in [9.17, 15) is 4.79 Å². The van der Waals surface area contributed by atoms with E-state index in [2.05, 4.69) is 45.5 Å². The molecule has 0 aliphatic heterocycles. The van der Waals surface area contributed by atoms with E-state index in [0.717, 1.165) is 16.6 Å². The highest BCUT2D eigenvalue weighted by Crippen LogP contribution is 2.38. The number of fused-ring (bicyclic) bond motifs is 3. The van der Waals surface area contributed by atoms with Gasteiger partial charge in [-0.05, 0) is 74.9 Å². The quantitative estimate of drug-likeness (QED) is 0.513. The zero-order valence-corrected chi connectivity index (χ0v) is 15.3. The van der Waals surface area contributed by atoms with Gasteiger partial charge in [0.2, 0.25) is 0 Å². The Morgan fingerprint density at radius 3 is 2.64 bits per heavy atom. The van der Waals surface area contributed by atoms with Crippen LogP contribution in [0.15, 0.2) is 65.1 Å². The van der Waals surface area contributed by atoms with Crippen LogP contribution in [0.1, 0.15) is 21.5 Å². The van der Waals surface area contributed by atoms with Gasteiger partial charge in [0.05, 0.1) is 12.7 Å². The monoisotopic (exact) mass is 393 g/mol. The highest BCUT2D eigenvalue weighted by molar-refractivity contribution is 9.10. The smallest absolute Gasteiger partial charge is 0.256 e. The molecule has 3 aromatic rings. The topological polar surface area (TPSA) is 38.3 Å². The number of rotatable bonds is 3. The van der Waals surface area contributed by atoms with E-state index < -0.39 is 0 Å². The number of hydrogen-bond acceptors (Lipinski definition) is 2. The zero-order valence-electron chi connectivity index (χ0n) is 13.7. The lowest BCUT2D eigenvalue weighted by Crippen LogP contribution is -2.12. The van der Waals surface area contributed by atoms with Crippen molar-refractivity contribution in [2.45, 2.75) is 6.42 Å². The lowest BCUT2D eigenvalue weighted by Gasteiger charge is -2.10. The molecule has 0 heterocycles. The maximum absolute atomic E-state index is 12.7. The molecule has 0 bridgehead atoms. The first-order valence-electron chi connectivity index (χ1n) is 8.02. The third-order valence-electron chi connectivity index (χ3n) is 4.47. The molecule has 4 rings (SSSR count). The van der Waals surface area contributed by atoms with Gasteiger partial charge in [-0.15, -0.1) is 0 Å². The van der Waals surface area contributed by atoms with Crippen LogP contribution in [-0.2, 0) is 6.42 Å². The number of ether oxygens (including phenoxy) is 1. The van der Waals surface area contributed by atoms with Crippen LogP contribution < -0.4 is 10.1 Å². The Hall–Kier alpha value is -2.59. The van der Waals surface area contributed by atoms with Crippen molar-refractivity contribution in [3.05, 3.63) is 81.8 Å². The molecule has 0 saturated heterocycles. The molecule has 1 aliphatic carbocycles. The molecule has 3 aromatic carbocycles. The summed E-state index contributed by atoms with van der Waals surface area (Å²) in [5.74, 6) is 0.480. The Kier molecular flexibility index (Phi) is 4.06. The van der Waals surface area contributed by atoms with Crippen LogP contribution in [0.2, 0.25) is 0 Å². The second-order valence-corrected chi connectivity index (χ2v) is 6.86. The Morgan fingerprint density at radius 1 is 1.00 bits per heavy atom. The fourth-order valence-corrected chi connectivity index (χ4v) is 3.63. The highest BCUT2D eigenvalue weighted by Gasteiger charge is 2.19. The van der Waals surface area contributed by atoms with Gasteiger partial charge in [0.25, 0.3) is 5.91 Å². The summed E-state index contributed by atoms with van der Waals surface area (Å²) >= 11 is 3.43. The molecule has 0 unspecified atom stereocenters. The van der Waals surface area contributed by atoms with E-state index >= 15 is 0 Å². The van der Waals surface area contributed by atoms with Crippen molar-refractivity contribution in [3.63, 3.8) is 0 Å².